The minimum absolute atomic E-state index is 0.0272. The first-order chi connectivity index (χ1) is 9.04. The molecule has 1 heterocycles. The fourth-order valence-corrected chi connectivity index (χ4v) is 1.80. The summed E-state index contributed by atoms with van der Waals surface area (Å²) in [6.45, 7) is 2.30. The molecular formula is C15H16FNO2. The number of hydrogen-bond donors (Lipinski definition) is 0. The molecule has 0 saturated carbocycles. The fraction of sp³-hybridized carbons (Fsp3) is 0.267. The molecule has 0 aliphatic carbocycles. The Kier molecular flexibility index (Phi) is 4.00. The van der Waals surface area contributed by atoms with Gasteiger partial charge in [0.2, 0.25) is 5.91 Å². The average Bonchev–Trinajstić information content (AvgIpc) is 2.77. The van der Waals surface area contributed by atoms with Crippen molar-refractivity contribution in [3.63, 3.8) is 0 Å². The third kappa shape index (κ3) is 3.68. The van der Waals surface area contributed by atoms with E-state index in [1.165, 1.54) is 12.1 Å². The van der Waals surface area contributed by atoms with E-state index in [1.54, 1.807) is 24.1 Å². The van der Waals surface area contributed by atoms with Crippen molar-refractivity contribution in [3.05, 3.63) is 59.3 Å². The Labute approximate surface area is 111 Å². The van der Waals surface area contributed by atoms with Crippen molar-refractivity contribution >= 4 is 5.91 Å². The van der Waals surface area contributed by atoms with Gasteiger partial charge in [-0.3, -0.25) is 4.79 Å². The van der Waals surface area contributed by atoms with E-state index in [0.29, 0.717) is 6.54 Å². The van der Waals surface area contributed by atoms with Crippen LogP contribution in [-0.2, 0) is 17.8 Å². The molecule has 1 aromatic carbocycles. The van der Waals surface area contributed by atoms with Gasteiger partial charge in [0.15, 0.2) is 0 Å². The summed E-state index contributed by atoms with van der Waals surface area (Å²) >= 11 is 0. The van der Waals surface area contributed by atoms with Gasteiger partial charge in [-0.1, -0.05) is 12.1 Å². The van der Waals surface area contributed by atoms with Crippen LogP contribution in [0.25, 0.3) is 0 Å². The van der Waals surface area contributed by atoms with Gasteiger partial charge >= 0.3 is 0 Å². The van der Waals surface area contributed by atoms with Crippen molar-refractivity contribution in [2.75, 3.05) is 7.05 Å². The van der Waals surface area contributed by atoms with Gasteiger partial charge in [0.1, 0.15) is 17.3 Å². The second-order valence-electron chi connectivity index (χ2n) is 4.57. The molecule has 1 amide bonds. The van der Waals surface area contributed by atoms with Crippen molar-refractivity contribution in [1.82, 2.24) is 4.90 Å². The van der Waals surface area contributed by atoms with Crippen molar-refractivity contribution < 1.29 is 13.6 Å². The van der Waals surface area contributed by atoms with E-state index in [0.717, 1.165) is 17.1 Å². The number of amides is 1. The highest BCUT2D eigenvalue weighted by Crippen LogP contribution is 2.10. The molecule has 3 nitrogen and oxygen atoms in total. The predicted molar refractivity (Wildman–Crippen MR) is 70.0 cm³/mol. The largest absolute Gasteiger partial charge is 0.464 e. The van der Waals surface area contributed by atoms with E-state index in [4.69, 9.17) is 4.42 Å². The Morgan fingerprint density at radius 1 is 1.21 bits per heavy atom. The minimum atomic E-state index is -0.296. The number of carbonyl (C=O) groups excluding carboxylic acids is 1. The van der Waals surface area contributed by atoms with Crippen LogP contribution in [0.3, 0.4) is 0 Å². The SMILES string of the molecule is Cc1ccc(CN(C)C(=O)Cc2ccc(F)cc2)o1. The van der Waals surface area contributed by atoms with Crippen molar-refractivity contribution in [3.8, 4) is 0 Å². The van der Waals surface area contributed by atoms with Gasteiger partial charge in [-0.25, -0.2) is 4.39 Å². The molecule has 0 bridgehead atoms. The molecule has 0 fully saturated rings. The van der Waals surface area contributed by atoms with Gasteiger partial charge in [-0.05, 0) is 36.8 Å². The van der Waals surface area contributed by atoms with Crippen LogP contribution in [0.4, 0.5) is 4.39 Å². The molecule has 100 valence electrons. The van der Waals surface area contributed by atoms with E-state index < -0.39 is 0 Å². The maximum absolute atomic E-state index is 12.8. The van der Waals surface area contributed by atoms with Gasteiger partial charge in [0, 0.05) is 7.05 Å². The zero-order valence-corrected chi connectivity index (χ0v) is 11.0. The van der Waals surface area contributed by atoms with Gasteiger partial charge in [0.25, 0.3) is 0 Å². The lowest BCUT2D eigenvalue weighted by molar-refractivity contribution is -0.129. The molecule has 0 aliphatic heterocycles. The van der Waals surface area contributed by atoms with Crippen molar-refractivity contribution in [2.45, 2.75) is 19.9 Å². The average molecular weight is 261 g/mol. The Morgan fingerprint density at radius 3 is 2.47 bits per heavy atom. The normalized spacial score (nSPS) is 10.5. The van der Waals surface area contributed by atoms with Crippen LogP contribution in [0, 0.1) is 12.7 Å². The third-order valence-corrected chi connectivity index (χ3v) is 2.88. The highest BCUT2D eigenvalue weighted by Gasteiger charge is 2.11. The van der Waals surface area contributed by atoms with E-state index >= 15 is 0 Å². The third-order valence-electron chi connectivity index (χ3n) is 2.88. The number of hydrogen-bond acceptors (Lipinski definition) is 2. The Morgan fingerprint density at radius 2 is 1.89 bits per heavy atom. The molecule has 0 unspecified atom stereocenters. The summed E-state index contributed by atoms with van der Waals surface area (Å²) in [6, 6.07) is 9.69. The number of aryl methyl sites for hydroxylation is 1. The molecule has 0 aliphatic rings. The van der Waals surface area contributed by atoms with Crippen LogP contribution >= 0.6 is 0 Å². The second kappa shape index (κ2) is 5.69. The van der Waals surface area contributed by atoms with Gasteiger partial charge < -0.3 is 9.32 Å². The Bertz CT molecular complexity index is 560. The maximum atomic E-state index is 12.8. The molecule has 0 N–H and O–H groups in total. The molecule has 2 aromatic rings. The smallest absolute Gasteiger partial charge is 0.227 e. The highest BCUT2D eigenvalue weighted by molar-refractivity contribution is 5.78. The molecular weight excluding hydrogens is 245 g/mol. The lowest BCUT2D eigenvalue weighted by Crippen LogP contribution is -2.27. The number of carbonyl (C=O) groups is 1. The predicted octanol–water partition coefficient (Wildman–Crippen LogP) is 2.93. The quantitative estimate of drug-likeness (QED) is 0.847. The number of rotatable bonds is 4. The van der Waals surface area contributed by atoms with E-state index in [9.17, 15) is 9.18 Å². The molecule has 4 heteroatoms. The molecule has 0 saturated heterocycles. The number of benzene rings is 1. The Balaban J connectivity index is 1.94. The monoisotopic (exact) mass is 261 g/mol. The lowest BCUT2D eigenvalue weighted by Gasteiger charge is -2.15. The summed E-state index contributed by atoms with van der Waals surface area (Å²) in [6.07, 6.45) is 0.260. The molecule has 0 radical (unpaired) electrons. The Hall–Kier alpha value is -2.10. The van der Waals surface area contributed by atoms with E-state index in [-0.39, 0.29) is 18.1 Å². The van der Waals surface area contributed by atoms with Crippen LogP contribution in [0.2, 0.25) is 0 Å². The number of likely N-dealkylation sites (N-methyl/N-ethyl adjacent to an activating group) is 1. The number of halogens is 1. The van der Waals surface area contributed by atoms with Crippen LogP contribution in [0.1, 0.15) is 17.1 Å². The lowest BCUT2D eigenvalue weighted by atomic mass is 10.1. The van der Waals surface area contributed by atoms with Crippen LogP contribution in [0.5, 0.6) is 0 Å². The number of furan rings is 1. The zero-order valence-electron chi connectivity index (χ0n) is 11.0. The number of nitrogens with zero attached hydrogens (tertiary/aromatic N) is 1. The van der Waals surface area contributed by atoms with E-state index in [2.05, 4.69) is 0 Å². The highest BCUT2D eigenvalue weighted by atomic mass is 19.1. The molecule has 19 heavy (non-hydrogen) atoms. The van der Waals surface area contributed by atoms with Gasteiger partial charge in [-0.15, -0.1) is 0 Å². The van der Waals surface area contributed by atoms with Gasteiger partial charge in [-0.2, -0.15) is 0 Å². The fourth-order valence-electron chi connectivity index (χ4n) is 1.80. The first-order valence-corrected chi connectivity index (χ1v) is 6.08. The molecule has 1 aromatic heterocycles. The summed E-state index contributed by atoms with van der Waals surface area (Å²) in [5, 5.41) is 0. The van der Waals surface area contributed by atoms with Crippen molar-refractivity contribution in [1.29, 1.82) is 0 Å². The summed E-state index contributed by atoms with van der Waals surface area (Å²) in [5.74, 6) is 1.26. The van der Waals surface area contributed by atoms with Gasteiger partial charge in [0.05, 0.1) is 13.0 Å². The topological polar surface area (TPSA) is 33.5 Å². The summed E-state index contributed by atoms with van der Waals surface area (Å²) < 4.78 is 18.2. The summed E-state index contributed by atoms with van der Waals surface area (Å²) in [4.78, 5) is 13.6. The maximum Gasteiger partial charge on any atom is 0.227 e. The first-order valence-electron chi connectivity index (χ1n) is 6.08. The summed E-state index contributed by atoms with van der Waals surface area (Å²) in [5.41, 5.74) is 0.800. The first kappa shape index (κ1) is 13.3. The minimum Gasteiger partial charge on any atom is -0.464 e. The standard InChI is InChI=1S/C15H16FNO2/c1-11-3-8-14(19-11)10-17(2)15(18)9-12-4-6-13(16)7-5-12/h3-8H,9-10H2,1-2H3. The van der Waals surface area contributed by atoms with Crippen LogP contribution in [0.15, 0.2) is 40.8 Å². The zero-order chi connectivity index (χ0) is 13.8. The molecule has 2 rings (SSSR count). The van der Waals surface area contributed by atoms with Crippen LogP contribution in [-0.4, -0.2) is 17.9 Å². The molecule has 0 spiro atoms. The van der Waals surface area contributed by atoms with Crippen molar-refractivity contribution in [2.24, 2.45) is 0 Å². The second-order valence-corrected chi connectivity index (χ2v) is 4.57. The summed E-state index contributed by atoms with van der Waals surface area (Å²) in [7, 11) is 1.73. The van der Waals surface area contributed by atoms with Crippen LogP contribution < -0.4 is 0 Å². The van der Waals surface area contributed by atoms with E-state index in [1.807, 2.05) is 19.1 Å². The molecule has 0 atom stereocenters.